The molecule has 0 bridgehead atoms. The lowest BCUT2D eigenvalue weighted by Gasteiger charge is -2.16. The third-order valence-corrected chi connectivity index (χ3v) is 5.00. The molecule has 28 heavy (non-hydrogen) atoms. The molecule has 1 atom stereocenters. The summed E-state index contributed by atoms with van der Waals surface area (Å²) in [5.74, 6) is -1.68. The van der Waals surface area contributed by atoms with E-state index in [0.29, 0.717) is 17.3 Å². The lowest BCUT2D eigenvalue weighted by molar-refractivity contribution is -0.129. The molecule has 1 amide bonds. The lowest BCUT2D eigenvalue weighted by atomic mass is 9.97. The SMILES string of the molecule is C[C@H](OC(=O)c1cc(O)c2ccccc2c1O)C(=O)NCCC1=CCCCC1. The normalized spacial score (nSPS) is 15.0. The Hall–Kier alpha value is -3.02. The van der Waals surface area contributed by atoms with E-state index in [0.717, 1.165) is 25.3 Å². The van der Waals surface area contributed by atoms with Crippen molar-refractivity contribution in [2.45, 2.75) is 45.1 Å². The molecule has 148 valence electrons. The highest BCUT2D eigenvalue weighted by molar-refractivity contribution is 6.04. The van der Waals surface area contributed by atoms with Crippen LogP contribution >= 0.6 is 0 Å². The Balaban J connectivity index is 1.60. The van der Waals surface area contributed by atoms with Gasteiger partial charge in [0.2, 0.25) is 0 Å². The van der Waals surface area contributed by atoms with E-state index in [-0.39, 0.29) is 17.1 Å². The highest BCUT2D eigenvalue weighted by atomic mass is 16.5. The van der Waals surface area contributed by atoms with Gasteiger partial charge in [0, 0.05) is 17.3 Å². The van der Waals surface area contributed by atoms with Crippen LogP contribution in [0.15, 0.2) is 42.0 Å². The summed E-state index contributed by atoms with van der Waals surface area (Å²) in [7, 11) is 0. The molecular weight excluding hydrogens is 358 g/mol. The molecule has 0 unspecified atom stereocenters. The number of amides is 1. The predicted octanol–water partition coefficient (Wildman–Crippen LogP) is 3.80. The van der Waals surface area contributed by atoms with Gasteiger partial charge in [-0.15, -0.1) is 0 Å². The Morgan fingerprint density at radius 1 is 1.18 bits per heavy atom. The van der Waals surface area contributed by atoms with Crippen LogP contribution in [-0.4, -0.2) is 34.7 Å². The van der Waals surface area contributed by atoms with Crippen LogP contribution in [0.2, 0.25) is 0 Å². The Labute approximate surface area is 163 Å². The van der Waals surface area contributed by atoms with Crippen LogP contribution in [0.1, 0.15) is 49.4 Å². The van der Waals surface area contributed by atoms with Gasteiger partial charge in [0.05, 0.1) is 0 Å². The molecule has 0 saturated heterocycles. The second kappa shape index (κ2) is 8.78. The first-order chi connectivity index (χ1) is 13.5. The summed E-state index contributed by atoms with van der Waals surface area (Å²) in [5, 5.41) is 24.0. The van der Waals surface area contributed by atoms with Crippen LogP contribution in [0.4, 0.5) is 0 Å². The number of phenolic OH excluding ortho intramolecular Hbond substituents is 2. The van der Waals surface area contributed by atoms with Gasteiger partial charge in [-0.25, -0.2) is 4.79 Å². The standard InChI is InChI=1S/C22H25NO5/c1-14(21(26)23-12-11-15-7-3-2-4-8-15)28-22(27)18-13-19(24)16-9-5-6-10-17(16)20(18)25/h5-7,9-10,13-14,24-25H,2-4,8,11-12H2,1H3,(H,23,26)/t14-/m0/s1. The van der Waals surface area contributed by atoms with Crippen molar-refractivity contribution >= 4 is 22.6 Å². The van der Waals surface area contributed by atoms with Crippen LogP contribution in [0.3, 0.4) is 0 Å². The minimum absolute atomic E-state index is 0.141. The number of allylic oxidation sites excluding steroid dienone is 1. The largest absolute Gasteiger partial charge is 0.507 e. The van der Waals surface area contributed by atoms with E-state index in [2.05, 4.69) is 11.4 Å². The molecule has 0 aliphatic heterocycles. The van der Waals surface area contributed by atoms with Crippen LogP contribution in [0.5, 0.6) is 11.5 Å². The molecule has 1 aliphatic carbocycles. The topological polar surface area (TPSA) is 95.9 Å². The number of carbonyl (C=O) groups is 2. The zero-order chi connectivity index (χ0) is 20.1. The molecule has 0 aromatic heterocycles. The Morgan fingerprint density at radius 2 is 1.93 bits per heavy atom. The summed E-state index contributed by atoms with van der Waals surface area (Å²) in [6.45, 7) is 1.97. The van der Waals surface area contributed by atoms with Crippen molar-refractivity contribution in [3.05, 3.63) is 47.5 Å². The first kappa shape index (κ1) is 19.7. The van der Waals surface area contributed by atoms with E-state index < -0.39 is 18.0 Å². The van der Waals surface area contributed by atoms with Gasteiger partial charge >= 0.3 is 5.97 Å². The smallest absolute Gasteiger partial charge is 0.342 e. The fraction of sp³-hybridized carbons (Fsp3) is 0.364. The third-order valence-electron chi connectivity index (χ3n) is 5.00. The number of esters is 1. The summed E-state index contributed by atoms with van der Waals surface area (Å²) in [6, 6.07) is 7.79. The first-order valence-electron chi connectivity index (χ1n) is 9.57. The number of ether oxygens (including phenoxy) is 1. The van der Waals surface area contributed by atoms with E-state index in [4.69, 9.17) is 4.74 Å². The number of hydrogen-bond donors (Lipinski definition) is 3. The van der Waals surface area contributed by atoms with Crippen molar-refractivity contribution in [1.82, 2.24) is 5.32 Å². The Bertz CT molecular complexity index is 919. The Morgan fingerprint density at radius 3 is 2.64 bits per heavy atom. The van der Waals surface area contributed by atoms with Crippen molar-refractivity contribution in [3.63, 3.8) is 0 Å². The van der Waals surface area contributed by atoms with E-state index in [1.807, 2.05) is 0 Å². The van der Waals surface area contributed by atoms with Crippen LogP contribution in [-0.2, 0) is 9.53 Å². The zero-order valence-corrected chi connectivity index (χ0v) is 15.9. The molecule has 6 heteroatoms. The van der Waals surface area contributed by atoms with Crippen molar-refractivity contribution in [3.8, 4) is 11.5 Å². The van der Waals surface area contributed by atoms with Crippen LogP contribution in [0.25, 0.3) is 10.8 Å². The Kier molecular flexibility index (Phi) is 6.19. The zero-order valence-electron chi connectivity index (χ0n) is 15.9. The monoisotopic (exact) mass is 383 g/mol. The second-order valence-electron chi connectivity index (χ2n) is 7.03. The summed E-state index contributed by atoms with van der Waals surface area (Å²) >= 11 is 0. The average Bonchev–Trinajstić information content (AvgIpc) is 2.71. The van der Waals surface area contributed by atoms with Gasteiger partial charge in [-0.1, -0.05) is 35.9 Å². The molecule has 2 aromatic rings. The van der Waals surface area contributed by atoms with E-state index in [1.165, 1.54) is 25.3 Å². The fourth-order valence-corrected chi connectivity index (χ4v) is 3.40. The van der Waals surface area contributed by atoms with Crippen LogP contribution < -0.4 is 5.32 Å². The first-order valence-corrected chi connectivity index (χ1v) is 9.57. The molecule has 0 heterocycles. The highest BCUT2D eigenvalue weighted by Crippen LogP contribution is 2.35. The number of hydrogen-bond acceptors (Lipinski definition) is 5. The maximum absolute atomic E-state index is 12.4. The molecule has 0 spiro atoms. The van der Waals surface area contributed by atoms with Gasteiger partial charge in [0.15, 0.2) is 6.10 Å². The minimum Gasteiger partial charge on any atom is -0.507 e. The van der Waals surface area contributed by atoms with E-state index >= 15 is 0 Å². The average molecular weight is 383 g/mol. The van der Waals surface area contributed by atoms with Gasteiger partial charge in [-0.2, -0.15) is 0 Å². The summed E-state index contributed by atoms with van der Waals surface area (Å²) in [4.78, 5) is 24.6. The number of carbonyl (C=O) groups excluding carboxylic acids is 2. The van der Waals surface area contributed by atoms with E-state index in [1.54, 1.807) is 24.3 Å². The number of aromatic hydroxyl groups is 2. The lowest BCUT2D eigenvalue weighted by Crippen LogP contribution is -2.36. The molecule has 0 saturated carbocycles. The number of benzene rings is 2. The second-order valence-corrected chi connectivity index (χ2v) is 7.03. The van der Waals surface area contributed by atoms with Crippen molar-refractivity contribution < 1.29 is 24.5 Å². The van der Waals surface area contributed by atoms with Gasteiger partial charge in [-0.05, 0) is 45.1 Å². The quantitative estimate of drug-likeness (QED) is 0.401. The molecule has 0 fully saturated rings. The minimum atomic E-state index is -1.01. The number of rotatable bonds is 6. The maximum atomic E-state index is 12.4. The molecule has 2 aromatic carbocycles. The highest BCUT2D eigenvalue weighted by Gasteiger charge is 2.23. The van der Waals surface area contributed by atoms with E-state index in [9.17, 15) is 19.8 Å². The van der Waals surface area contributed by atoms with Crippen molar-refractivity contribution in [2.24, 2.45) is 0 Å². The number of nitrogens with one attached hydrogen (secondary N) is 1. The molecule has 0 radical (unpaired) electrons. The van der Waals surface area contributed by atoms with Gasteiger partial charge in [0.1, 0.15) is 17.1 Å². The predicted molar refractivity (Wildman–Crippen MR) is 106 cm³/mol. The fourth-order valence-electron chi connectivity index (χ4n) is 3.40. The summed E-state index contributed by atoms with van der Waals surface area (Å²) < 4.78 is 5.19. The molecule has 6 nitrogen and oxygen atoms in total. The molecule has 3 N–H and O–H groups in total. The molecule has 1 aliphatic rings. The van der Waals surface area contributed by atoms with Gasteiger partial charge in [-0.3, -0.25) is 4.79 Å². The summed E-state index contributed by atoms with van der Waals surface area (Å²) in [5.41, 5.74) is 1.18. The van der Waals surface area contributed by atoms with Gasteiger partial charge in [0.25, 0.3) is 5.91 Å². The summed E-state index contributed by atoms with van der Waals surface area (Å²) in [6.07, 6.45) is 6.60. The number of fused-ring (bicyclic) bond motifs is 1. The third kappa shape index (κ3) is 4.44. The van der Waals surface area contributed by atoms with Crippen molar-refractivity contribution in [1.29, 1.82) is 0 Å². The molecule has 3 rings (SSSR count). The maximum Gasteiger partial charge on any atom is 0.342 e. The number of phenols is 2. The van der Waals surface area contributed by atoms with Gasteiger partial charge < -0.3 is 20.3 Å². The van der Waals surface area contributed by atoms with Crippen LogP contribution in [0, 0.1) is 0 Å². The molecular formula is C22H25NO5. The van der Waals surface area contributed by atoms with Crippen molar-refractivity contribution in [2.75, 3.05) is 6.54 Å².